The third kappa shape index (κ3) is 15.9. The second-order valence-electron chi connectivity index (χ2n) is 17.4. The lowest BCUT2D eigenvalue weighted by atomic mass is 9.92. The van der Waals surface area contributed by atoms with Crippen LogP contribution < -0.4 is 5.32 Å². The van der Waals surface area contributed by atoms with E-state index in [9.17, 15) is 19.5 Å². The van der Waals surface area contributed by atoms with Gasteiger partial charge >= 0.3 is 18.0 Å². The number of hydrogen-bond donors (Lipinski definition) is 2. The van der Waals surface area contributed by atoms with Crippen LogP contribution in [0.2, 0.25) is 10.0 Å². The average Bonchev–Trinajstić information content (AvgIpc) is 4.45. The maximum absolute atomic E-state index is 13.2. The van der Waals surface area contributed by atoms with Crippen LogP contribution in [0, 0.1) is 0 Å². The molecule has 4 aromatic rings. The maximum Gasteiger partial charge on any atom is 0.410 e. The Morgan fingerprint density at radius 2 is 1.09 bits per heavy atom. The van der Waals surface area contributed by atoms with Gasteiger partial charge in [-0.25, -0.2) is 9.59 Å². The Hall–Kier alpha value is -10.3. The second kappa shape index (κ2) is 29.3. The predicted octanol–water partition coefficient (Wildman–Crippen LogP) is 11.7. The normalized spacial score (nSPS) is 18.2. The van der Waals surface area contributed by atoms with Crippen molar-refractivity contribution in [2.45, 2.75) is 62.3 Å². The number of hydrogen-bond acceptors (Lipinski definition) is 10. The highest BCUT2D eigenvalue weighted by Crippen LogP contribution is 2.45. The summed E-state index contributed by atoms with van der Waals surface area (Å²) in [5.74, 6) is -1.47. The van der Waals surface area contributed by atoms with Gasteiger partial charge in [0, 0.05) is 76.5 Å². The molecule has 2 saturated heterocycles. The Kier molecular flexibility index (Phi) is 21.6. The number of oxime groups is 2. The molecule has 12 nitrogen and oxygen atoms in total. The van der Waals surface area contributed by atoms with Crippen LogP contribution in [-0.2, 0) is 28.7 Å². The topological polar surface area (TPSA) is 148 Å². The molecule has 5 aliphatic rings. The van der Waals surface area contributed by atoms with Crippen LogP contribution in [0.1, 0.15) is 61.3 Å². The molecule has 4 heterocycles. The van der Waals surface area contributed by atoms with Crippen LogP contribution in [0.25, 0.3) is 11.1 Å². The van der Waals surface area contributed by atoms with Gasteiger partial charge in [-0.15, -0.1) is 0 Å². The largest absolute Gasteiger partial charge is 0.480 e. The first kappa shape index (κ1) is 58.9. The molecule has 0 saturated carbocycles. The van der Waals surface area contributed by atoms with Gasteiger partial charge < -0.3 is 29.6 Å². The molecule has 392 valence electrons. The van der Waals surface area contributed by atoms with E-state index in [4.69, 9.17) is 42.4 Å². The van der Waals surface area contributed by atoms with E-state index in [-0.39, 0.29) is 44.9 Å². The molecule has 2 fully saturated rings. The zero-order valence-electron chi connectivity index (χ0n) is 42.2. The molecule has 1 amide bonds. The van der Waals surface area contributed by atoms with Crippen molar-refractivity contribution in [2.24, 2.45) is 10.3 Å². The summed E-state index contributed by atoms with van der Waals surface area (Å²) in [6, 6.07) is 29.5. The molecule has 0 unspecified atom stereocenters. The summed E-state index contributed by atoms with van der Waals surface area (Å²) in [5.41, 5.74) is 58.3. The van der Waals surface area contributed by atoms with Gasteiger partial charge in [0.1, 0.15) is 18.7 Å². The molecule has 2 N–H and O–H groups in total. The van der Waals surface area contributed by atoms with Gasteiger partial charge in [-0.1, -0.05) is 125 Å². The standard InChI is InChI=1S/C28H23ClN2O5.C23H4.C14H15ClN2O3.CH4/c29-18-7-5-6-17(12-18)24-13-28(36-30-24)14-25(26(32)33)31(16-28)27(34)35-15-23-21-10-3-1-8-19(21)20-9-2-4-11-22(20)23;1-3-5-7-9-11-13-15-17-19-21-23-22-20-18-16-14-12-10-8-6-4-2;1-19-13(18)12-7-14(8-16-12)6-11(17-20-14)9-3-2-4-10(15)5-9;/h1-12,23,25H,13-16H2,(H,32,33);1-2H2;2-5,12,16H,6-8H2,1H3;1H4/t25-,28+;;12-,14+;/m0.0./s1. The third-order valence-corrected chi connectivity index (χ3v) is 12.8. The highest BCUT2D eigenvalue weighted by atomic mass is 35.5. The zero-order chi connectivity index (χ0) is 55.9. The quantitative estimate of drug-likeness (QED) is 0.142. The van der Waals surface area contributed by atoms with Crippen LogP contribution in [0.3, 0.4) is 0 Å². The number of rotatable bonds is 6. The number of carbonyl (C=O) groups is 3. The van der Waals surface area contributed by atoms with Crippen LogP contribution in [0.5, 0.6) is 0 Å². The average molecular weight is 1090 g/mol. The van der Waals surface area contributed by atoms with Gasteiger partial charge in [-0.3, -0.25) is 9.69 Å². The van der Waals surface area contributed by atoms with E-state index in [1.807, 2.05) is 72.8 Å². The van der Waals surface area contributed by atoms with Gasteiger partial charge in [-0.05, 0) is 151 Å². The van der Waals surface area contributed by atoms with Gasteiger partial charge in [0.05, 0.1) is 25.1 Å². The summed E-state index contributed by atoms with van der Waals surface area (Å²) in [4.78, 5) is 49.5. The first-order valence-corrected chi connectivity index (χ1v) is 24.7. The third-order valence-electron chi connectivity index (χ3n) is 12.3. The smallest absolute Gasteiger partial charge is 0.410 e. The molecule has 4 aromatic carbocycles. The van der Waals surface area contributed by atoms with E-state index in [2.05, 4.69) is 161 Å². The molecule has 14 heteroatoms. The fourth-order valence-electron chi connectivity index (χ4n) is 8.88. The van der Waals surface area contributed by atoms with Crippen LogP contribution in [-0.4, -0.2) is 89.6 Å². The van der Waals surface area contributed by atoms with E-state index in [1.54, 1.807) is 12.1 Å². The second-order valence-corrected chi connectivity index (χ2v) is 18.3. The lowest BCUT2D eigenvalue weighted by molar-refractivity contribution is -0.143. The van der Waals surface area contributed by atoms with Crippen molar-refractivity contribution in [3.63, 3.8) is 0 Å². The Morgan fingerprint density at radius 3 is 1.52 bits per heavy atom. The number of nitrogens with zero attached hydrogens (tertiary/aromatic N) is 3. The molecule has 0 radical (unpaired) electrons. The Bertz CT molecular complexity index is 3900. The molecular formula is C66H46Cl2N4O8. The minimum atomic E-state index is -1.10. The van der Waals surface area contributed by atoms with E-state index in [0.717, 1.165) is 39.1 Å². The first-order chi connectivity index (χ1) is 38.5. The minimum absolute atomic E-state index is 0. The van der Waals surface area contributed by atoms with Gasteiger partial charge in [0.15, 0.2) is 11.2 Å². The van der Waals surface area contributed by atoms with Gasteiger partial charge in [0.2, 0.25) is 0 Å². The summed E-state index contributed by atoms with van der Waals surface area (Å²) in [5, 5.41) is 22.6. The van der Waals surface area contributed by atoms with E-state index in [1.165, 1.54) is 12.0 Å². The molecular weight excluding hydrogens is 1050 g/mol. The molecule has 1 aliphatic carbocycles. The molecule has 80 heavy (non-hydrogen) atoms. The number of carbonyl (C=O) groups excluding carboxylic acids is 2. The fourth-order valence-corrected chi connectivity index (χ4v) is 9.26. The first-order valence-electron chi connectivity index (χ1n) is 23.9. The number of fused-ring (bicyclic) bond motifs is 3. The van der Waals surface area contributed by atoms with E-state index >= 15 is 0 Å². The lowest BCUT2D eigenvalue weighted by Gasteiger charge is -2.23. The van der Waals surface area contributed by atoms with Crippen molar-refractivity contribution in [1.82, 2.24) is 10.2 Å². The van der Waals surface area contributed by atoms with Crippen LogP contribution in [0.4, 0.5) is 4.79 Å². The van der Waals surface area contributed by atoms with Gasteiger partial charge in [-0.2, -0.15) is 0 Å². The number of likely N-dealkylation sites (tertiary alicyclic amines) is 1. The summed E-state index contributed by atoms with van der Waals surface area (Å²) < 4.78 is 10.5. The molecule has 4 aliphatic heterocycles. The van der Waals surface area contributed by atoms with Crippen molar-refractivity contribution >= 4 is 52.7 Å². The fraction of sp³-hybridized carbons (Fsp3) is 0.212. The highest BCUT2D eigenvalue weighted by Gasteiger charge is 2.55. The molecule has 0 aromatic heterocycles. The highest BCUT2D eigenvalue weighted by molar-refractivity contribution is 6.31. The number of amides is 1. The number of carboxylic acid groups (broad SMARTS) is 1. The number of aliphatic carboxylic acids is 1. The monoisotopic (exact) mass is 1090 g/mol. The lowest BCUT2D eigenvalue weighted by Crippen LogP contribution is -2.42. The number of nitrogens with one attached hydrogen (secondary N) is 1. The number of benzene rings is 4. The minimum Gasteiger partial charge on any atom is -0.480 e. The van der Waals surface area contributed by atoms with Crippen molar-refractivity contribution in [3.05, 3.63) is 263 Å². The van der Waals surface area contributed by atoms with Crippen LogP contribution >= 0.6 is 23.2 Å². The van der Waals surface area contributed by atoms with Crippen molar-refractivity contribution in [3.8, 4) is 11.1 Å². The van der Waals surface area contributed by atoms with E-state index < -0.39 is 29.3 Å². The number of ether oxygens (including phenoxy) is 2. The molecule has 4 atom stereocenters. The predicted molar refractivity (Wildman–Crippen MR) is 301 cm³/mol. The Morgan fingerprint density at radius 1 is 0.650 bits per heavy atom. The Labute approximate surface area is 472 Å². The van der Waals surface area contributed by atoms with Crippen molar-refractivity contribution in [2.75, 3.05) is 26.8 Å². The van der Waals surface area contributed by atoms with E-state index in [0.29, 0.717) is 41.6 Å². The number of esters is 1. The zero-order valence-corrected chi connectivity index (χ0v) is 43.7. The summed E-state index contributed by atoms with van der Waals surface area (Å²) in [7, 11) is 1.39. The SMILES string of the molecule is C.C=C=C=C=C=C=C=C=C=C=C=C=C=C=C=C=C=C=C=C=C=C=C.COC(=O)[C@@H]1C[C@@]2(CN1)CC(c1cccc(Cl)c1)=NO2.O=C(O)[C@@H]1C[C@]2(CC(c3cccc(Cl)c3)=NO2)CN1C(=O)OCC1c2ccccc2-c2ccccc21. The summed E-state index contributed by atoms with van der Waals surface area (Å²) in [6.45, 7) is 7.38. The van der Waals surface area contributed by atoms with Crippen molar-refractivity contribution in [1.29, 1.82) is 0 Å². The molecule has 2 spiro atoms. The number of carboxylic acids is 1. The number of methoxy groups -OCH3 is 1. The van der Waals surface area contributed by atoms with Gasteiger partial charge in [0.25, 0.3) is 0 Å². The molecule has 0 bridgehead atoms. The summed E-state index contributed by atoms with van der Waals surface area (Å²) in [6.07, 6.45) is 1.06. The summed E-state index contributed by atoms with van der Waals surface area (Å²) >= 11 is 12.1. The Balaban J connectivity index is 0.000000205. The maximum atomic E-state index is 13.2. The number of halogens is 2. The van der Waals surface area contributed by atoms with Crippen LogP contribution in [0.15, 0.2) is 241 Å². The van der Waals surface area contributed by atoms with Crippen molar-refractivity contribution < 1.29 is 38.6 Å². The molecule has 9 rings (SSSR count).